The lowest BCUT2D eigenvalue weighted by Gasteiger charge is -2.30. The highest BCUT2D eigenvalue weighted by atomic mass is 19.4. The minimum atomic E-state index is -4.63. The molecule has 35 heavy (non-hydrogen) atoms. The van der Waals surface area contributed by atoms with E-state index >= 15 is 0 Å². The van der Waals surface area contributed by atoms with Gasteiger partial charge in [0.25, 0.3) is 5.88 Å². The fourth-order valence-electron chi connectivity index (χ4n) is 3.84. The average molecular weight is 483 g/mol. The van der Waals surface area contributed by atoms with Gasteiger partial charge in [-0.15, -0.1) is 0 Å². The van der Waals surface area contributed by atoms with Crippen LogP contribution in [0.5, 0.6) is 11.6 Å². The van der Waals surface area contributed by atoms with E-state index in [9.17, 15) is 23.5 Å². The molecule has 4 rings (SSSR count). The van der Waals surface area contributed by atoms with Gasteiger partial charge in [-0.1, -0.05) is 12.1 Å². The van der Waals surface area contributed by atoms with E-state index in [-0.39, 0.29) is 22.3 Å². The monoisotopic (exact) mass is 483 g/mol. The molecule has 0 aliphatic carbocycles. The maximum absolute atomic E-state index is 12.8. The van der Waals surface area contributed by atoms with E-state index in [1.165, 1.54) is 31.9 Å². The topological polar surface area (TPSA) is 106 Å². The van der Waals surface area contributed by atoms with Gasteiger partial charge in [-0.3, -0.25) is 4.98 Å². The molecule has 1 atom stereocenters. The van der Waals surface area contributed by atoms with Crippen molar-refractivity contribution in [2.45, 2.75) is 18.7 Å². The van der Waals surface area contributed by atoms with Crippen molar-refractivity contribution >= 4 is 10.9 Å². The standard InChI is InChI=1S/C24H20F3N5O3/c1-14-4-5-16(10-30-14)24(33,20-11-29-13-32(20)2)15-6-7-19-17(8-15)18(9-28)21(22(31-19)34-3)35-12-23(25,26)27/h4-8,10-11,13,33H,12H2,1-3H3. The first-order valence-electron chi connectivity index (χ1n) is 10.3. The molecule has 0 radical (unpaired) electrons. The largest absolute Gasteiger partial charge is 0.478 e. The SMILES string of the molecule is COc1nc2ccc(C(O)(c3ccc(C)nc3)c3cncn3C)cc2c(C#N)c1OCC(F)(F)F. The van der Waals surface area contributed by atoms with Crippen LogP contribution < -0.4 is 9.47 Å². The van der Waals surface area contributed by atoms with E-state index in [2.05, 4.69) is 15.0 Å². The van der Waals surface area contributed by atoms with Gasteiger partial charge in [-0.2, -0.15) is 18.4 Å². The van der Waals surface area contributed by atoms with Crippen molar-refractivity contribution in [1.82, 2.24) is 19.5 Å². The Morgan fingerprint density at radius 2 is 1.89 bits per heavy atom. The Hall–Kier alpha value is -4.17. The van der Waals surface area contributed by atoms with Gasteiger partial charge in [0.2, 0.25) is 0 Å². The molecule has 0 spiro atoms. The Labute approximate surface area is 198 Å². The molecule has 0 fully saturated rings. The number of pyridine rings is 2. The molecule has 0 aliphatic rings. The number of alkyl halides is 3. The van der Waals surface area contributed by atoms with Crippen LogP contribution in [0.2, 0.25) is 0 Å². The van der Waals surface area contributed by atoms with Crippen molar-refractivity contribution in [2.75, 3.05) is 13.7 Å². The zero-order valence-electron chi connectivity index (χ0n) is 19.0. The first-order chi connectivity index (χ1) is 16.6. The van der Waals surface area contributed by atoms with Crippen LogP contribution in [0.25, 0.3) is 10.9 Å². The number of methoxy groups -OCH3 is 1. The Balaban J connectivity index is 1.98. The Morgan fingerprint density at radius 3 is 2.46 bits per heavy atom. The van der Waals surface area contributed by atoms with Gasteiger partial charge in [0, 0.05) is 29.9 Å². The summed E-state index contributed by atoms with van der Waals surface area (Å²) in [6.45, 7) is 0.183. The third-order valence-corrected chi connectivity index (χ3v) is 5.53. The summed E-state index contributed by atoms with van der Waals surface area (Å²) < 4.78 is 50.2. The van der Waals surface area contributed by atoms with E-state index in [1.54, 1.807) is 35.9 Å². The summed E-state index contributed by atoms with van der Waals surface area (Å²) >= 11 is 0. The summed E-state index contributed by atoms with van der Waals surface area (Å²) in [6.07, 6.45) is -0.0762. The zero-order valence-corrected chi connectivity index (χ0v) is 19.0. The van der Waals surface area contributed by atoms with E-state index in [4.69, 9.17) is 9.47 Å². The summed E-state index contributed by atoms with van der Waals surface area (Å²) in [5.41, 5.74) is 0.234. The lowest BCUT2D eigenvalue weighted by Crippen LogP contribution is -2.31. The van der Waals surface area contributed by atoms with Crippen molar-refractivity contribution in [3.63, 3.8) is 0 Å². The van der Waals surface area contributed by atoms with Crippen LogP contribution in [0.15, 0.2) is 49.1 Å². The second kappa shape index (κ2) is 8.88. The second-order valence-corrected chi connectivity index (χ2v) is 7.86. The number of aryl methyl sites for hydroxylation is 2. The van der Waals surface area contributed by atoms with Crippen LogP contribution in [0, 0.1) is 18.3 Å². The van der Waals surface area contributed by atoms with E-state index < -0.39 is 24.1 Å². The number of halogens is 3. The van der Waals surface area contributed by atoms with Crippen LogP contribution in [0.4, 0.5) is 13.2 Å². The van der Waals surface area contributed by atoms with Crippen molar-refractivity contribution in [3.8, 4) is 17.7 Å². The number of benzene rings is 1. The summed E-state index contributed by atoms with van der Waals surface area (Å²) in [4.78, 5) is 12.6. The number of hydrogen-bond donors (Lipinski definition) is 1. The number of imidazole rings is 1. The fraction of sp³-hybridized carbons (Fsp3) is 0.250. The Bertz CT molecular complexity index is 1430. The van der Waals surface area contributed by atoms with Crippen molar-refractivity contribution in [1.29, 1.82) is 5.26 Å². The quantitative estimate of drug-likeness (QED) is 0.445. The molecule has 180 valence electrons. The first-order valence-corrected chi connectivity index (χ1v) is 10.3. The third-order valence-electron chi connectivity index (χ3n) is 5.53. The van der Waals surface area contributed by atoms with Crippen LogP contribution in [0.1, 0.15) is 28.1 Å². The number of rotatable bonds is 6. The molecule has 11 heteroatoms. The van der Waals surface area contributed by atoms with Gasteiger partial charge in [0.1, 0.15) is 11.6 Å². The highest BCUT2D eigenvalue weighted by Gasteiger charge is 2.38. The number of ether oxygens (including phenoxy) is 2. The molecule has 4 aromatic rings. The van der Waals surface area contributed by atoms with Crippen LogP contribution in [0.3, 0.4) is 0 Å². The smallest absolute Gasteiger partial charge is 0.422 e. The molecule has 3 aromatic heterocycles. The number of hydrogen-bond acceptors (Lipinski definition) is 7. The molecule has 3 heterocycles. The zero-order chi connectivity index (χ0) is 25.4. The lowest BCUT2D eigenvalue weighted by atomic mass is 9.83. The number of fused-ring (bicyclic) bond motifs is 1. The fourth-order valence-corrected chi connectivity index (χ4v) is 3.84. The lowest BCUT2D eigenvalue weighted by molar-refractivity contribution is -0.153. The van der Waals surface area contributed by atoms with Gasteiger partial charge in [-0.05, 0) is 30.7 Å². The number of nitriles is 1. The molecule has 1 unspecified atom stereocenters. The summed E-state index contributed by atoms with van der Waals surface area (Å²) in [5, 5.41) is 22.1. The van der Waals surface area contributed by atoms with Gasteiger partial charge in [-0.25, -0.2) is 9.97 Å². The van der Waals surface area contributed by atoms with E-state index in [1.807, 2.05) is 13.0 Å². The van der Waals surface area contributed by atoms with Gasteiger partial charge in [0.15, 0.2) is 18.0 Å². The van der Waals surface area contributed by atoms with E-state index in [0.29, 0.717) is 16.8 Å². The minimum Gasteiger partial charge on any atom is -0.478 e. The average Bonchev–Trinajstić information content (AvgIpc) is 3.27. The number of nitrogens with zero attached hydrogens (tertiary/aromatic N) is 5. The summed E-state index contributed by atoms with van der Waals surface area (Å²) in [7, 11) is 2.93. The third kappa shape index (κ3) is 4.36. The van der Waals surface area contributed by atoms with Crippen LogP contribution in [-0.4, -0.2) is 44.5 Å². The van der Waals surface area contributed by atoms with E-state index in [0.717, 1.165) is 5.69 Å². The molecule has 1 N–H and O–H groups in total. The first kappa shape index (κ1) is 24.0. The minimum absolute atomic E-state index is 0.184. The Morgan fingerprint density at radius 1 is 1.14 bits per heavy atom. The van der Waals surface area contributed by atoms with Gasteiger partial charge < -0.3 is 19.1 Å². The molecule has 0 bridgehead atoms. The molecule has 1 aromatic carbocycles. The van der Waals surface area contributed by atoms with Gasteiger partial charge in [0.05, 0.1) is 30.8 Å². The molecule has 8 nitrogen and oxygen atoms in total. The van der Waals surface area contributed by atoms with Crippen LogP contribution in [-0.2, 0) is 12.6 Å². The number of aromatic nitrogens is 4. The van der Waals surface area contributed by atoms with Crippen LogP contribution >= 0.6 is 0 Å². The maximum atomic E-state index is 12.8. The molecule has 0 saturated heterocycles. The summed E-state index contributed by atoms with van der Waals surface area (Å²) in [5.74, 6) is -0.686. The second-order valence-electron chi connectivity index (χ2n) is 7.86. The predicted octanol–water partition coefficient (Wildman–Crippen LogP) is 3.78. The molecule has 0 saturated carbocycles. The molecular weight excluding hydrogens is 463 g/mol. The maximum Gasteiger partial charge on any atom is 0.422 e. The number of aliphatic hydroxyl groups is 1. The predicted molar refractivity (Wildman–Crippen MR) is 119 cm³/mol. The van der Waals surface area contributed by atoms with Crippen molar-refractivity contribution in [3.05, 3.63) is 77.1 Å². The van der Waals surface area contributed by atoms with Gasteiger partial charge >= 0.3 is 6.18 Å². The molecule has 0 amide bonds. The Kier molecular flexibility index (Phi) is 6.08. The highest BCUT2D eigenvalue weighted by molar-refractivity contribution is 5.89. The molecular formula is C24H20F3N5O3. The van der Waals surface area contributed by atoms with Crippen molar-refractivity contribution in [2.24, 2.45) is 7.05 Å². The normalized spacial score (nSPS) is 13.3. The highest BCUT2D eigenvalue weighted by Crippen LogP contribution is 2.40. The van der Waals surface area contributed by atoms with Crippen molar-refractivity contribution < 1.29 is 27.8 Å². The summed E-state index contributed by atoms with van der Waals surface area (Å²) in [6, 6.07) is 10.0. The molecule has 0 aliphatic heterocycles.